The third-order valence-electron chi connectivity index (χ3n) is 3.99. The molecule has 3 nitrogen and oxygen atoms in total. The highest BCUT2D eigenvalue weighted by atomic mass is 16.5. The molecule has 0 bridgehead atoms. The van der Waals surface area contributed by atoms with Crippen LogP contribution in [0.15, 0.2) is 36.4 Å². The van der Waals surface area contributed by atoms with Gasteiger partial charge in [-0.15, -0.1) is 0 Å². The summed E-state index contributed by atoms with van der Waals surface area (Å²) in [6.07, 6.45) is 1.07. The lowest BCUT2D eigenvalue weighted by molar-refractivity contribution is 0.0961. The fraction of sp³-hybridized carbons (Fsp3) is 0.235. The predicted molar refractivity (Wildman–Crippen MR) is 79.6 cm³/mol. The maximum Gasteiger partial charge on any atom is 0.203 e. The van der Waals surface area contributed by atoms with Crippen molar-refractivity contribution in [3.05, 3.63) is 42.0 Å². The van der Waals surface area contributed by atoms with E-state index in [1.54, 1.807) is 0 Å². The van der Waals surface area contributed by atoms with Gasteiger partial charge in [0, 0.05) is 17.4 Å². The monoisotopic (exact) mass is 265 g/mol. The van der Waals surface area contributed by atoms with Crippen LogP contribution in [0.25, 0.3) is 21.8 Å². The van der Waals surface area contributed by atoms with Crippen LogP contribution in [0.1, 0.15) is 23.7 Å². The van der Waals surface area contributed by atoms with E-state index in [1.165, 1.54) is 10.9 Å². The molecule has 0 spiro atoms. The van der Waals surface area contributed by atoms with Crippen LogP contribution in [-0.2, 0) is 6.54 Å². The largest absolute Gasteiger partial charge is 0.484 e. The lowest BCUT2D eigenvalue weighted by atomic mass is 10.1. The van der Waals surface area contributed by atoms with E-state index in [4.69, 9.17) is 4.74 Å². The minimum Gasteiger partial charge on any atom is -0.484 e. The molecule has 0 saturated heterocycles. The average molecular weight is 265 g/mol. The highest BCUT2D eigenvalue weighted by molar-refractivity contribution is 6.16. The topological polar surface area (TPSA) is 31.2 Å². The first kappa shape index (κ1) is 11.5. The van der Waals surface area contributed by atoms with Crippen LogP contribution in [0.3, 0.4) is 0 Å². The number of ketones is 1. The third-order valence-corrected chi connectivity index (χ3v) is 3.99. The van der Waals surface area contributed by atoms with Gasteiger partial charge >= 0.3 is 0 Å². The van der Waals surface area contributed by atoms with Gasteiger partial charge in [0.15, 0.2) is 6.61 Å². The Hall–Kier alpha value is -2.29. The number of rotatable bonds is 2. The summed E-state index contributed by atoms with van der Waals surface area (Å²) >= 11 is 0. The number of carbonyl (C=O) groups excluding carboxylic acids is 1. The van der Waals surface area contributed by atoms with Crippen molar-refractivity contribution >= 4 is 27.6 Å². The number of ether oxygens (including phenoxy) is 1. The molecule has 0 aliphatic carbocycles. The van der Waals surface area contributed by atoms with E-state index in [1.807, 2.05) is 12.1 Å². The molecule has 4 rings (SSSR count). The van der Waals surface area contributed by atoms with Gasteiger partial charge in [-0.25, -0.2) is 0 Å². The highest BCUT2D eigenvalue weighted by Gasteiger charge is 2.26. The second-order valence-electron chi connectivity index (χ2n) is 5.22. The van der Waals surface area contributed by atoms with Gasteiger partial charge in [-0.2, -0.15) is 0 Å². The molecule has 0 N–H and O–H groups in total. The normalized spacial score (nSPS) is 13.9. The Kier molecular flexibility index (Phi) is 2.36. The molecule has 2 aromatic carbocycles. The van der Waals surface area contributed by atoms with Crippen LogP contribution in [-0.4, -0.2) is 17.0 Å². The number of nitrogens with zero attached hydrogens (tertiary/aromatic N) is 1. The zero-order chi connectivity index (χ0) is 13.7. The van der Waals surface area contributed by atoms with Crippen molar-refractivity contribution in [2.24, 2.45) is 0 Å². The number of Topliss-reactive ketones (excluding diaryl/α,β-unsaturated/α-hetero) is 1. The van der Waals surface area contributed by atoms with Gasteiger partial charge in [0.05, 0.1) is 16.5 Å². The van der Waals surface area contributed by atoms with E-state index >= 15 is 0 Å². The number of fused-ring (bicyclic) bond motifs is 5. The van der Waals surface area contributed by atoms with Crippen LogP contribution in [0.5, 0.6) is 5.75 Å². The van der Waals surface area contributed by atoms with E-state index < -0.39 is 0 Å². The van der Waals surface area contributed by atoms with Crippen molar-refractivity contribution in [1.82, 2.24) is 4.57 Å². The van der Waals surface area contributed by atoms with E-state index in [9.17, 15) is 4.79 Å². The summed E-state index contributed by atoms with van der Waals surface area (Å²) in [6, 6.07) is 12.3. The number of para-hydroxylation sites is 1. The number of aromatic nitrogens is 1. The zero-order valence-corrected chi connectivity index (χ0v) is 11.3. The van der Waals surface area contributed by atoms with Crippen LogP contribution in [0.2, 0.25) is 0 Å². The van der Waals surface area contributed by atoms with Crippen molar-refractivity contribution in [3.8, 4) is 5.75 Å². The number of hydrogen-bond donors (Lipinski definition) is 0. The van der Waals surface area contributed by atoms with Crippen molar-refractivity contribution in [1.29, 1.82) is 0 Å². The quantitative estimate of drug-likeness (QED) is 0.706. The summed E-state index contributed by atoms with van der Waals surface area (Å²) in [4.78, 5) is 11.8. The summed E-state index contributed by atoms with van der Waals surface area (Å²) in [6.45, 7) is 3.31. The Labute approximate surface area is 116 Å². The van der Waals surface area contributed by atoms with Gasteiger partial charge in [-0.1, -0.05) is 25.1 Å². The van der Waals surface area contributed by atoms with Crippen molar-refractivity contribution in [2.75, 3.05) is 6.61 Å². The summed E-state index contributed by atoms with van der Waals surface area (Å²) < 4.78 is 7.98. The SMILES string of the molecule is CCCn1c2ccccc2c2c3c(ccc21)C(=O)CO3. The standard InChI is InChI=1S/C17H15NO2/c1-2-9-18-13-6-4-3-5-11(13)16-14(18)8-7-12-15(19)10-20-17(12)16/h3-8H,2,9-10H2,1H3. The van der Waals surface area contributed by atoms with Gasteiger partial charge in [-0.3, -0.25) is 4.79 Å². The maximum atomic E-state index is 11.8. The first-order valence-corrected chi connectivity index (χ1v) is 7.01. The molecule has 1 aliphatic rings. The zero-order valence-electron chi connectivity index (χ0n) is 11.3. The summed E-state index contributed by atoms with van der Waals surface area (Å²) in [5.41, 5.74) is 3.08. The summed E-state index contributed by atoms with van der Waals surface area (Å²) in [5.74, 6) is 0.841. The van der Waals surface area contributed by atoms with Crippen LogP contribution < -0.4 is 4.74 Å². The Bertz CT molecular complexity index is 845. The molecular formula is C17H15NO2. The highest BCUT2D eigenvalue weighted by Crippen LogP contribution is 2.40. The Morgan fingerprint density at radius 2 is 2.00 bits per heavy atom. The maximum absolute atomic E-state index is 11.8. The Balaban J connectivity index is 2.19. The molecule has 0 saturated carbocycles. The number of benzene rings is 2. The average Bonchev–Trinajstić information content (AvgIpc) is 3.00. The molecule has 1 aliphatic heterocycles. The fourth-order valence-electron chi connectivity index (χ4n) is 3.16. The van der Waals surface area contributed by atoms with Gasteiger partial charge in [0.25, 0.3) is 0 Å². The van der Waals surface area contributed by atoms with Gasteiger partial charge in [-0.05, 0) is 24.6 Å². The molecule has 20 heavy (non-hydrogen) atoms. The van der Waals surface area contributed by atoms with Crippen LogP contribution >= 0.6 is 0 Å². The molecule has 3 heteroatoms. The van der Waals surface area contributed by atoms with Crippen molar-refractivity contribution in [3.63, 3.8) is 0 Å². The lowest BCUT2D eigenvalue weighted by Gasteiger charge is -2.05. The molecule has 0 fully saturated rings. The summed E-state index contributed by atoms with van der Waals surface area (Å²) in [5, 5.41) is 2.25. The van der Waals surface area contributed by atoms with Crippen molar-refractivity contribution in [2.45, 2.75) is 19.9 Å². The van der Waals surface area contributed by atoms with E-state index in [2.05, 4.69) is 35.8 Å². The summed E-state index contributed by atoms with van der Waals surface area (Å²) in [7, 11) is 0. The van der Waals surface area contributed by atoms with Crippen LogP contribution in [0.4, 0.5) is 0 Å². The predicted octanol–water partition coefficient (Wildman–Crippen LogP) is 3.78. The fourth-order valence-corrected chi connectivity index (χ4v) is 3.16. The third kappa shape index (κ3) is 1.38. The Morgan fingerprint density at radius 3 is 2.85 bits per heavy atom. The number of aryl methyl sites for hydroxylation is 1. The molecule has 0 amide bonds. The Morgan fingerprint density at radius 1 is 1.15 bits per heavy atom. The number of carbonyl (C=O) groups is 1. The first-order chi connectivity index (χ1) is 9.81. The molecule has 3 aromatic rings. The van der Waals surface area contributed by atoms with Gasteiger partial charge in [0.1, 0.15) is 5.75 Å². The minimum absolute atomic E-state index is 0.0780. The first-order valence-electron chi connectivity index (χ1n) is 7.01. The van der Waals surface area contributed by atoms with Crippen LogP contribution in [0, 0.1) is 0 Å². The lowest BCUT2D eigenvalue weighted by Crippen LogP contribution is -1.98. The minimum atomic E-state index is 0.0780. The molecule has 0 unspecified atom stereocenters. The van der Waals surface area contributed by atoms with E-state index in [0.29, 0.717) is 0 Å². The van der Waals surface area contributed by atoms with Crippen molar-refractivity contribution < 1.29 is 9.53 Å². The molecular weight excluding hydrogens is 250 g/mol. The second kappa shape index (κ2) is 4.10. The van der Waals surface area contributed by atoms with E-state index in [0.717, 1.165) is 35.2 Å². The molecule has 2 heterocycles. The van der Waals surface area contributed by atoms with E-state index in [-0.39, 0.29) is 12.4 Å². The number of hydrogen-bond acceptors (Lipinski definition) is 2. The smallest absolute Gasteiger partial charge is 0.203 e. The molecule has 0 atom stereocenters. The molecule has 0 radical (unpaired) electrons. The molecule has 100 valence electrons. The second-order valence-corrected chi connectivity index (χ2v) is 5.22. The molecule has 1 aromatic heterocycles. The van der Waals surface area contributed by atoms with Gasteiger partial charge in [0.2, 0.25) is 5.78 Å². The van der Waals surface area contributed by atoms with Gasteiger partial charge < -0.3 is 9.30 Å².